The number of benzene rings is 2. The van der Waals surface area contributed by atoms with Crippen molar-refractivity contribution in [3.63, 3.8) is 0 Å². The average molecular weight is 305 g/mol. The highest BCUT2D eigenvalue weighted by Crippen LogP contribution is 2.35. The zero-order valence-corrected chi connectivity index (χ0v) is 13.2. The van der Waals surface area contributed by atoms with E-state index in [0.717, 1.165) is 27.8 Å². The molecule has 3 nitrogen and oxygen atoms in total. The Labute approximate surface area is 136 Å². The molecule has 0 N–H and O–H groups in total. The van der Waals surface area contributed by atoms with Crippen molar-refractivity contribution in [3.05, 3.63) is 78.4 Å². The monoisotopic (exact) mass is 305 g/mol. The van der Waals surface area contributed by atoms with Crippen LogP contribution in [0, 0.1) is 0 Å². The van der Waals surface area contributed by atoms with E-state index in [2.05, 4.69) is 11.6 Å². The first-order chi connectivity index (χ1) is 11.3. The molecule has 3 heteroatoms. The molecule has 0 fully saturated rings. The van der Waals surface area contributed by atoms with Gasteiger partial charge in [0.2, 0.25) is 5.88 Å². The topological polar surface area (TPSA) is 31.4 Å². The smallest absolute Gasteiger partial charge is 0.220 e. The van der Waals surface area contributed by atoms with Crippen molar-refractivity contribution < 1.29 is 9.47 Å². The molecule has 116 valence electrons. The zero-order valence-electron chi connectivity index (χ0n) is 13.2. The highest BCUT2D eigenvalue weighted by atomic mass is 16.5. The van der Waals surface area contributed by atoms with E-state index in [-0.39, 0.29) is 0 Å². The Kier molecular flexibility index (Phi) is 4.57. The molecule has 0 aliphatic heterocycles. The van der Waals surface area contributed by atoms with Crippen LogP contribution in [0.15, 0.2) is 67.3 Å². The number of rotatable bonds is 6. The average Bonchev–Trinajstić information content (AvgIpc) is 2.61. The van der Waals surface area contributed by atoms with Crippen molar-refractivity contribution in [2.24, 2.45) is 0 Å². The predicted octanol–water partition coefficient (Wildman–Crippen LogP) is 4.55. The number of methoxy groups -OCH3 is 1. The second kappa shape index (κ2) is 6.97. The summed E-state index contributed by atoms with van der Waals surface area (Å²) in [6.07, 6.45) is 2.48. The van der Waals surface area contributed by atoms with E-state index < -0.39 is 0 Å². The van der Waals surface area contributed by atoms with Gasteiger partial charge in [-0.25, -0.2) is 4.98 Å². The summed E-state index contributed by atoms with van der Waals surface area (Å²) in [5, 5.41) is 0.987. The third-order valence-electron chi connectivity index (χ3n) is 3.67. The number of aromatic nitrogens is 1. The van der Waals surface area contributed by atoms with E-state index in [4.69, 9.17) is 9.47 Å². The summed E-state index contributed by atoms with van der Waals surface area (Å²) in [6.45, 7) is 4.33. The highest BCUT2D eigenvalue weighted by molar-refractivity contribution is 5.87. The lowest BCUT2D eigenvalue weighted by atomic mass is 10.1. The third-order valence-corrected chi connectivity index (χ3v) is 3.67. The van der Waals surface area contributed by atoms with Crippen LogP contribution < -0.4 is 9.47 Å². The van der Waals surface area contributed by atoms with Crippen molar-refractivity contribution in [2.75, 3.05) is 7.11 Å². The summed E-state index contributed by atoms with van der Waals surface area (Å²) in [5.41, 5.74) is 2.91. The van der Waals surface area contributed by atoms with Gasteiger partial charge in [0, 0.05) is 5.39 Å². The molecule has 0 saturated heterocycles. The second-order valence-electron chi connectivity index (χ2n) is 5.21. The summed E-state index contributed by atoms with van der Waals surface area (Å²) in [7, 11) is 1.63. The number of fused-ring (bicyclic) bond motifs is 1. The number of pyridine rings is 1. The van der Waals surface area contributed by atoms with Crippen LogP contribution in [0.1, 0.15) is 11.1 Å². The van der Waals surface area contributed by atoms with E-state index >= 15 is 0 Å². The molecule has 0 saturated carbocycles. The van der Waals surface area contributed by atoms with Crippen LogP contribution in [0.3, 0.4) is 0 Å². The first-order valence-electron chi connectivity index (χ1n) is 7.56. The molecule has 0 bridgehead atoms. The SMILES string of the molecule is C=CCc1c(OC)nc2ccccc2c1OCc1ccccc1. The molecule has 0 radical (unpaired) electrons. The Balaban J connectivity index is 2.07. The molecule has 3 rings (SSSR count). The van der Waals surface area contributed by atoms with Crippen LogP contribution in [0.4, 0.5) is 0 Å². The van der Waals surface area contributed by atoms with Crippen molar-refractivity contribution in [1.82, 2.24) is 4.98 Å². The third kappa shape index (κ3) is 3.19. The van der Waals surface area contributed by atoms with E-state index in [0.29, 0.717) is 18.9 Å². The van der Waals surface area contributed by atoms with Crippen LogP contribution in [-0.2, 0) is 13.0 Å². The summed E-state index contributed by atoms with van der Waals surface area (Å²) in [6, 6.07) is 18.0. The van der Waals surface area contributed by atoms with Crippen LogP contribution in [0.25, 0.3) is 10.9 Å². The summed E-state index contributed by atoms with van der Waals surface area (Å²) >= 11 is 0. The Bertz CT molecular complexity index is 812. The molecule has 1 aromatic heterocycles. The number of hydrogen-bond donors (Lipinski definition) is 0. The largest absolute Gasteiger partial charge is 0.488 e. The first-order valence-corrected chi connectivity index (χ1v) is 7.56. The van der Waals surface area contributed by atoms with Gasteiger partial charge >= 0.3 is 0 Å². The Morgan fingerprint density at radius 2 is 1.78 bits per heavy atom. The Morgan fingerprint density at radius 3 is 2.52 bits per heavy atom. The maximum absolute atomic E-state index is 6.16. The minimum absolute atomic E-state index is 0.502. The first kappa shape index (κ1) is 15.1. The molecule has 0 aliphatic rings. The number of ether oxygens (including phenoxy) is 2. The van der Waals surface area contributed by atoms with Gasteiger partial charge in [-0.05, 0) is 24.1 Å². The fourth-order valence-corrected chi connectivity index (χ4v) is 2.59. The molecule has 23 heavy (non-hydrogen) atoms. The van der Waals surface area contributed by atoms with Gasteiger partial charge in [-0.2, -0.15) is 0 Å². The molecule has 0 amide bonds. The van der Waals surface area contributed by atoms with E-state index in [1.165, 1.54) is 0 Å². The number of hydrogen-bond acceptors (Lipinski definition) is 3. The Morgan fingerprint density at radius 1 is 1.04 bits per heavy atom. The quantitative estimate of drug-likeness (QED) is 0.626. The standard InChI is InChI=1S/C20H19NO2/c1-3-9-17-19(23-14-15-10-5-4-6-11-15)16-12-7-8-13-18(16)21-20(17)22-2/h3-8,10-13H,1,9,14H2,2H3. The second-order valence-corrected chi connectivity index (χ2v) is 5.21. The Hall–Kier alpha value is -2.81. The minimum atomic E-state index is 0.502. The van der Waals surface area contributed by atoms with Crippen LogP contribution >= 0.6 is 0 Å². The fraction of sp³-hybridized carbons (Fsp3) is 0.150. The van der Waals surface area contributed by atoms with Crippen molar-refractivity contribution in [2.45, 2.75) is 13.0 Å². The van der Waals surface area contributed by atoms with Crippen LogP contribution in [0.2, 0.25) is 0 Å². The molecule has 3 aromatic rings. The summed E-state index contributed by atoms with van der Waals surface area (Å²) in [5.74, 6) is 1.41. The summed E-state index contributed by atoms with van der Waals surface area (Å²) < 4.78 is 11.6. The van der Waals surface area contributed by atoms with Gasteiger partial charge in [0.25, 0.3) is 0 Å². The predicted molar refractivity (Wildman–Crippen MR) is 93.0 cm³/mol. The molecule has 0 aliphatic carbocycles. The maximum atomic E-state index is 6.16. The van der Waals surface area contributed by atoms with E-state index in [1.54, 1.807) is 7.11 Å². The molecular formula is C20H19NO2. The molecule has 2 aromatic carbocycles. The number of allylic oxidation sites excluding steroid dienone is 1. The van der Waals surface area contributed by atoms with Crippen molar-refractivity contribution in [1.29, 1.82) is 0 Å². The number of nitrogens with zero attached hydrogens (tertiary/aromatic N) is 1. The van der Waals surface area contributed by atoms with E-state index in [9.17, 15) is 0 Å². The van der Waals surface area contributed by atoms with Crippen molar-refractivity contribution >= 4 is 10.9 Å². The van der Waals surface area contributed by atoms with Crippen molar-refractivity contribution in [3.8, 4) is 11.6 Å². The van der Waals surface area contributed by atoms with Crippen LogP contribution in [0.5, 0.6) is 11.6 Å². The van der Waals surface area contributed by atoms with Gasteiger partial charge in [0.05, 0.1) is 18.2 Å². The zero-order chi connectivity index (χ0) is 16.1. The molecule has 0 atom stereocenters. The lowest BCUT2D eigenvalue weighted by molar-refractivity contribution is 0.303. The maximum Gasteiger partial charge on any atom is 0.220 e. The molecule has 0 spiro atoms. The van der Waals surface area contributed by atoms with Gasteiger partial charge in [-0.3, -0.25) is 0 Å². The van der Waals surface area contributed by atoms with Gasteiger partial charge < -0.3 is 9.47 Å². The van der Waals surface area contributed by atoms with E-state index in [1.807, 2.05) is 60.7 Å². The van der Waals surface area contributed by atoms with Gasteiger partial charge in [0.1, 0.15) is 12.4 Å². The summed E-state index contributed by atoms with van der Waals surface area (Å²) in [4.78, 5) is 4.58. The lowest BCUT2D eigenvalue weighted by Gasteiger charge is -2.16. The van der Waals surface area contributed by atoms with Gasteiger partial charge in [-0.1, -0.05) is 48.5 Å². The van der Waals surface area contributed by atoms with Gasteiger partial charge in [0.15, 0.2) is 0 Å². The van der Waals surface area contributed by atoms with Crippen LogP contribution in [-0.4, -0.2) is 12.1 Å². The number of para-hydroxylation sites is 1. The normalized spacial score (nSPS) is 10.5. The molecular weight excluding hydrogens is 286 g/mol. The molecule has 0 unspecified atom stereocenters. The van der Waals surface area contributed by atoms with Gasteiger partial charge in [-0.15, -0.1) is 6.58 Å². The lowest BCUT2D eigenvalue weighted by Crippen LogP contribution is -2.03. The highest BCUT2D eigenvalue weighted by Gasteiger charge is 2.16. The minimum Gasteiger partial charge on any atom is -0.488 e. The fourth-order valence-electron chi connectivity index (χ4n) is 2.59. The molecule has 1 heterocycles.